The first-order chi connectivity index (χ1) is 8.19. The molecule has 1 aromatic rings. The first-order valence-corrected chi connectivity index (χ1v) is 7.13. The second-order valence-corrected chi connectivity index (χ2v) is 5.16. The second kappa shape index (κ2) is 7.97. The van der Waals surface area contributed by atoms with Gasteiger partial charge in [-0.15, -0.1) is 0 Å². The van der Waals surface area contributed by atoms with Gasteiger partial charge in [0.2, 0.25) is 0 Å². The molecular formula is C14H21Cl2N. The number of hydrogen-bond donors (Lipinski definition) is 1. The molecule has 0 bridgehead atoms. The molecule has 17 heavy (non-hydrogen) atoms. The molecule has 1 N–H and O–H groups in total. The Hall–Kier alpha value is -0.240. The zero-order valence-corrected chi connectivity index (χ0v) is 12.1. The van der Waals surface area contributed by atoms with Crippen molar-refractivity contribution < 1.29 is 0 Å². The van der Waals surface area contributed by atoms with Crippen molar-refractivity contribution in [3.8, 4) is 0 Å². The summed E-state index contributed by atoms with van der Waals surface area (Å²) < 4.78 is 0. The third-order valence-corrected chi connectivity index (χ3v) is 3.40. The Kier molecular flexibility index (Phi) is 6.94. The van der Waals surface area contributed by atoms with Crippen LogP contribution in [0.25, 0.3) is 0 Å². The van der Waals surface area contributed by atoms with Gasteiger partial charge in [-0.2, -0.15) is 0 Å². The van der Waals surface area contributed by atoms with E-state index >= 15 is 0 Å². The maximum absolute atomic E-state index is 6.25. The molecule has 0 fully saturated rings. The van der Waals surface area contributed by atoms with E-state index in [-0.39, 0.29) is 0 Å². The van der Waals surface area contributed by atoms with E-state index < -0.39 is 0 Å². The van der Waals surface area contributed by atoms with Gasteiger partial charge in [0.15, 0.2) is 0 Å². The summed E-state index contributed by atoms with van der Waals surface area (Å²) in [7, 11) is 0. The summed E-state index contributed by atoms with van der Waals surface area (Å²) in [4.78, 5) is 0. The highest BCUT2D eigenvalue weighted by molar-refractivity contribution is 6.33. The Balaban J connectivity index is 2.82. The molecule has 1 atom stereocenters. The molecule has 96 valence electrons. The third kappa shape index (κ3) is 4.87. The normalized spacial score (nSPS) is 12.7. The van der Waals surface area contributed by atoms with E-state index in [1.54, 1.807) is 0 Å². The fourth-order valence-corrected chi connectivity index (χ4v) is 2.31. The highest BCUT2D eigenvalue weighted by Gasteiger charge is 2.13. The maximum atomic E-state index is 6.25. The lowest BCUT2D eigenvalue weighted by molar-refractivity contribution is 0.481. The summed E-state index contributed by atoms with van der Waals surface area (Å²) in [5.74, 6) is 0. The predicted octanol–water partition coefficient (Wildman–Crippen LogP) is 5.22. The summed E-state index contributed by atoms with van der Waals surface area (Å²) in [6.07, 6.45) is 4.63. The van der Waals surface area contributed by atoms with Crippen LogP contribution in [0.1, 0.15) is 51.1 Å². The minimum absolute atomic E-state index is 0.320. The molecule has 3 heteroatoms. The molecule has 0 spiro atoms. The molecule has 0 aliphatic carbocycles. The van der Waals surface area contributed by atoms with Crippen LogP contribution < -0.4 is 5.32 Å². The first-order valence-electron chi connectivity index (χ1n) is 6.37. The van der Waals surface area contributed by atoms with Crippen LogP contribution in [0, 0.1) is 0 Å². The van der Waals surface area contributed by atoms with E-state index in [4.69, 9.17) is 23.2 Å². The van der Waals surface area contributed by atoms with Gasteiger partial charge in [-0.1, -0.05) is 49.9 Å². The Labute approximate surface area is 115 Å². The lowest BCUT2D eigenvalue weighted by Crippen LogP contribution is -2.22. The third-order valence-electron chi connectivity index (χ3n) is 2.82. The van der Waals surface area contributed by atoms with Crippen LogP contribution in [0.3, 0.4) is 0 Å². The number of halogens is 2. The molecule has 1 aromatic carbocycles. The smallest absolute Gasteiger partial charge is 0.0454 e. The number of benzene rings is 1. The molecule has 1 nitrogen and oxygen atoms in total. The molecule has 1 unspecified atom stereocenters. The Morgan fingerprint density at radius 1 is 1.18 bits per heavy atom. The fraction of sp³-hybridized carbons (Fsp3) is 0.571. The minimum atomic E-state index is 0.320. The molecular weight excluding hydrogens is 253 g/mol. The monoisotopic (exact) mass is 273 g/mol. The summed E-state index contributed by atoms with van der Waals surface area (Å²) in [6.45, 7) is 5.39. The van der Waals surface area contributed by atoms with Gasteiger partial charge in [-0.25, -0.2) is 0 Å². The molecule has 0 saturated carbocycles. The van der Waals surface area contributed by atoms with Gasteiger partial charge in [0.1, 0.15) is 0 Å². The molecule has 0 radical (unpaired) electrons. The van der Waals surface area contributed by atoms with Gasteiger partial charge in [0.25, 0.3) is 0 Å². The lowest BCUT2D eigenvalue weighted by atomic mass is 10.0. The average molecular weight is 274 g/mol. The zero-order valence-electron chi connectivity index (χ0n) is 10.6. The van der Waals surface area contributed by atoms with E-state index in [9.17, 15) is 0 Å². The molecule has 0 saturated heterocycles. The molecule has 0 aliphatic rings. The molecule has 0 aromatic heterocycles. The van der Waals surface area contributed by atoms with Crippen molar-refractivity contribution in [3.05, 3.63) is 33.8 Å². The van der Waals surface area contributed by atoms with Gasteiger partial charge < -0.3 is 5.32 Å². The topological polar surface area (TPSA) is 12.0 Å². The van der Waals surface area contributed by atoms with Crippen LogP contribution >= 0.6 is 23.2 Å². The molecule has 0 aliphatic heterocycles. The highest BCUT2D eigenvalue weighted by atomic mass is 35.5. The largest absolute Gasteiger partial charge is 0.310 e. The van der Waals surface area contributed by atoms with Gasteiger partial charge in [-0.05, 0) is 43.1 Å². The zero-order chi connectivity index (χ0) is 12.7. The van der Waals surface area contributed by atoms with Crippen molar-refractivity contribution >= 4 is 23.2 Å². The van der Waals surface area contributed by atoms with E-state index in [0.717, 1.165) is 35.0 Å². The SMILES string of the molecule is CCCCC(NCCC)c1cc(Cl)ccc1Cl. The first kappa shape index (κ1) is 14.8. The van der Waals surface area contributed by atoms with Crippen molar-refractivity contribution in [2.75, 3.05) is 6.54 Å². The van der Waals surface area contributed by atoms with E-state index in [1.807, 2.05) is 18.2 Å². The minimum Gasteiger partial charge on any atom is -0.310 e. The van der Waals surface area contributed by atoms with Crippen molar-refractivity contribution in [2.45, 2.75) is 45.6 Å². The molecule has 1 rings (SSSR count). The predicted molar refractivity (Wildman–Crippen MR) is 77.0 cm³/mol. The van der Waals surface area contributed by atoms with Crippen molar-refractivity contribution in [3.63, 3.8) is 0 Å². The quantitative estimate of drug-likeness (QED) is 0.718. The summed E-state index contributed by atoms with van der Waals surface area (Å²) in [5.41, 5.74) is 1.13. The number of rotatable bonds is 7. The second-order valence-electron chi connectivity index (χ2n) is 4.31. The van der Waals surface area contributed by atoms with Gasteiger partial charge in [0.05, 0.1) is 0 Å². The molecule has 0 amide bonds. The maximum Gasteiger partial charge on any atom is 0.0454 e. The van der Waals surface area contributed by atoms with Crippen LogP contribution in [-0.4, -0.2) is 6.54 Å². The van der Waals surface area contributed by atoms with Gasteiger partial charge >= 0.3 is 0 Å². The fourth-order valence-electron chi connectivity index (χ4n) is 1.88. The van der Waals surface area contributed by atoms with Crippen LogP contribution in [-0.2, 0) is 0 Å². The summed E-state index contributed by atoms with van der Waals surface area (Å²) in [6, 6.07) is 6.02. The number of unbranched alkanes of at least 4 members (excludes halogenated alkanes) is 1. The van der Waals surface area contributed by atoms with Crippen LogP contribution in [0.2, 0.25) is 10.0 Å². The van der Waals surface area contributed by atoms with Crippen molar-refractivity contribution in [1.82, 2.24) is 5.32 Å². The Bertz CT molecular complexity index is 331. The average Bonchev–Trinajstić information content (AvgIpc) is 2.33. The van der Waals surface area contributed by atoms with E-state index in [0.29, 0.717) is 6.04 Å². The summed E-state index contributed by atoms with van der Waals surface area (Å²) in [5, 5.41) is 5.10. The highest BCUT2D eigenvalue weighted by Crippen LogP contribution is 2.29. The Morgan fingerprint density at radius 3 is 2.59 bits per heavy atom. The summed E-state index contributed by atoms with van der Waals surface area (Å²) >= 11 is 12.3. The molecule has 0 heterocycles. The lowest BCUT2D eigenvalue weighted by Gasteiger charge is -2.20. The van der Waals surface area contributed by atoms with Crippen molar-refractivity contribution in [1.29, 1.82) is 0 Å². The van der Waals surface area contributed by atoms with E-state index in [2.05, 4.69) is 19.2 Å². The Morgan fingerprint density at radius 2 is 1.94 bits per heavy atom. The van der Waals surface area contributed by atoms with Gasteiger partial charge in [0, 0.05) is 16.1 Å². The van der Waals surface area contributed by atoms with Crippen LogP contribution in [0.4, 0.5) is 0 Å². The van der Waals surface area contributed by atoms with Gasteiger partial charge in [-0.3, -0.25) is 0 Å². The van der Waals surface area contributed by atoms with Crippen LogP contribution in [0.5, 0.6) is 0 Å². The number of nitrogens with one attached hydrogen (secondary N) is 1. The van der Waals surface area contributed by atoms with Crippen molar-refractivity contribution in [2.24, 2.45) is 0 Å². The standard InChI is InChI=1S/C14H21Cl2N/c1-3-5-6-14(17-9-4-2)12-10-11(15)7-8-13(12)16/h7-8,10,14,17H,3-6,9H2,1-2H3. The van der Waals surface area contributed by atoms with E-state index in [1.165, 1.54) is 12.8 Å². The number of hydrogen-bond acceptors (Lipinski definition) is 1. The van der Waals surface area contributed by atoms with Crippen LogP contribution in [0.15, 0.2) is 18.2 Å².